The molecule has 1 aromatic carbocycles. The molecule has 22 heavy (non-hydrogen) atoms. The fourth-order valence-corrected chi connectivity index (χ4v) is 3.04. The number of hydrogen-bond acceptors (Lipinski definition) is 2. The minimum absolute atomic E-state index is 0.0298. The summed E-state index contributed by atoms with van der Waals surface area (Å²) in [4.78, 5) is 25.9. The lowest BCUT2D eigenvalue weighted by molar-refractivity contribution is -0.132. The first-order chi connectivity index (χ1) is 10.4. The van der Waals surface area contributed by atoms with Crippen LogP contribution in [0.15, 0.2) is 18.2 Å². The van der Waals surface area contributed by atoms with E-state index >= 15 is 0 Å². The lowest BCUT2D eigenvalue weighted by atomic mass is 9.95. The molecule has 0 bridgehead atoms. The number of amides is 2. The van der Waals surface area contributed by atoms with Crippen LogP contribution in [0.3, 0.4) is 0 Å². The van der Waals surface area contributed by atoms with Gasteiger partial charge in [-0.1, -0.05) is 32.0 Å². The molecule has 0 radical (unpaired) electrons. The maximum atomic E-state index is 12.6. The van der Waals surface area contributed by atoms with Crippen LogP contribution < -0.4 is 5.32 Å². The van der Waals surface area contributed by atoms with Crippen molar-refractivity contribution in [2.75, 3.05) is 18.4 Å². The van der Waals surface area contributed by atoms with E-state index in [-0.39, 0.29) is 17.7 Å². The Hall–Kier alpha value is -1.84. The highest BCUT2D eigenvalue weighted by atomic mass is 16.2. The summed E-state index contributed by atoms with van der Waals surface area (Å²) >= 11 is 0. The summed E-state index contributed by atoms with van der Waals surface area (Å²) in [5.74, 6) is 0.325. The zero-order valence-electron chi connectivity index (χ0n) is 14.0. The molecular formula is C18H26N2O2. The first-order valence-corrected chi connectivity index (χ1v) is 8.06. The minimum Gasteiger partial charge on any atom is -0.342 e. The monoisotopic (exact) mass is 302 g/mol. The summed E-state index contributed by atoms with van der Waals surface area (Å²) in [5, 5.41) is 3.11. The number of carbonyl (C=O) groups is 2. The number of aryl methyl sites for hydroxylation is 1. The second-order valence-electron chi connectivity index (χ2n) is 6.49. The number of benzene rings is 1. The van der Waals surface area contributed by atoms with Crippen molar-refractivity contribution < 1.29 is 9.59 Å². The molecule has 120 valence electrons. The Morgan fingerprint density at radius 3 is 2.68 bits per heavy atom. The molecule has 1 N–H and O–H groups in total. The van der Waals surface area contributed by atoms with Crippen LogP contribution in [-0.4, -0.2) is 29.8 Å². The van der Waals surface area contributed by atoms with E-state index in [0.29, 0.717) is 12.5 Å². The second kappa shape index (κ2) is 6.95. The van der Waals surface area contributed by atoms with Crippen LogP contribution >= 0.6 is 0 Å². The molecule has 4 heteroatoms. The van der Waals surface area contributed by atoms with Crippen LogP contribution in [-0.2, 0) is 9.59 Å². The van der Waals surface area contributed by atoms with Gasteiger partial charge < -0.3 is 10.2 Å². The highest BCUT2D eigenvalue weighted by molar-refractivity contribution is 5.94. The maximum Gasteiger partial charge on any atom is 0.229 e. The van der Waals surface area contributed by atoms with E-state index in [1.165, 1.54) is 0 Å². The molecule has 1 atom stereocenters. The van der Waals surface area contributed by atoms with Gasteiger partial charge in [-0.2, -0.15) is 0 Å². The number of para-hydroxylation sites is 1. The summed E-state index contributed by atoms with van der Waals surface area (Å²) in [6.07, 6.45) is 1.74. The Morgan fingerprint density at radius 1 is 1.32 bits per heavy atom. The van der Waals surface area contributed by atoms with Gasteiger partial charge in [-0.05, 0) is 36.8 Å². The van der Waals surface area contributed by atoms with Gasteiger partial charge in [0, 0.05) is 25.7 Å². The third kappa shape index (κ3) is 3.67. The van der Waals surface area contributed by atoms with Crippen LogP contribution in [0.4, 0.5) is 5.69 Å². The Balaban J connectivity index is 2.14. The molecule has 1 aromatic rings. The molecule has 0 aromatic heterocycles. The molecule has 0 aliphatic carbocycles. The summed E-state index contributed by atoms with van der Waals surface area (Å²) in [6.45, 7) is 9.14. The Kier molecular flexibility index (Phi) is 5.22. The van der Waals surface area contributed by atoms with Gasteiger partial charge in [0.25, 0.3) is 0 Å². The Bertz CT molecular complexity index is 566. The molecule has 1 saturated heterocycles. The van der Waals surface area contributed by atoms with E-state index in [1.54, 1.807) is 11.8 Å². The smallest absolute Gasteiger partial charge is 0.229 e. The maximum absolute atomic E-state index is 12.6. The van der Waals surface area contributed by atoms with Crippen LogP contribution in [0.25, 0.3) is 0 Å². The van der Waals surface area contributed by atoms with Gasteiger partial charge in [-0.25, -0.2) is 0 Å². The summed E-state index contributed by atoms with van der Waals surface area (Å²) < 4.78 is 0. The van der Waals surface area contributed by atoms with Crippen LogP contribution in [0.2, 0.25) is 0 Å². The molecular weight excluding hydrogens is 276 g/mol. The molecule has 1 heterocycles. The van der Waals surface area contributed by atoms with Crippen molar-refractivity contribution in [2.24, 2.45) is 5.92 Å². The molecule has 2 amide bonds. The lowest BCUT2D eigenvalue weighted by Gasteiger charge is -2.31. The zero-order chi connectivity index (χ0) is 16.3. The van der Waals surface area contributed by atoms with E-state index in [2.05, 4.69) is 25.2 Å². The van der Waals surface area contributed by atoms with Gasteiger partial charge in [0.05, 0.1) is 5.92 Å². The minimum atomic E-state index is -0.114. The topological polar surface area (TPSA) is 49.4 Å². The zero-order valence-corrected chi connectivity index (χ0v) is 14.0. The van der Waals surface area contributed by atoms with Gasteiger partial charge in [-0.15, -0.1) is 0 Å². The number of carbonyl (C=O) groups excluding carboxylic acids is 2. The van der Waals surface area contributed by atoms with Crippen molar-refractivity contribution in [2.45, 2.75) is 46.5 Å². The van der Waals surface area contributed by atoms with E-state index in [9.17, 15) is 9.59 Å². The molecule has 1 aliphatic rings. The van der Waals surface area contributed by atoms with Gasteiger partial charge >= 0.3 is 0 Å². The number of anilines is 1. The molecule has 2 rings (SSSR count). The fraction of sp³-hybridized carbons (Fsp3) is 0.556. The summed E-state index contributed by atoms with van der Waals surface area (Å²) in [7, 11) is 0. The third-order valence-electron chi connectivity index (χ3n) is 4.41. The molecule has 0 saturated carbocycles. The van der Waals surface area contributed by atoms with Gasteiger partial charge in [-0.3, -0.25) is 9.59 Å². The Labute approximate surface area is 132 Å². The third-order valence-corrected chi connectivity index (χ3v) is 4.41. The molecule has 1 fully saturated rings. The average Bonchev–Trinajstić information content (AvgIpc) is 2.49. The van der Waals surface area contributed by atoms with E-state index < -0.39 is 0 Å². The van der Waals surface area contributed by atoms with Crippen LogP contribution in [0, 0.1) is 12.8 Å². The molecule has 1 aliphatic heterocycles. The highest BCUT2D eigenvalue weighted by Gasteiger charge is 2.27. The standard InChI is InChI=1S/C18H26N2O2/c1-12(2)16-9-5-7-13(3)17(16)19-18(22)15-8-6-10-20(11-15)14(4)21/h5,7,9,12,15H,6,8,10-11H2,1-4H3,(H,19,22). The van der Waals surface area contributed by atoms with Crippen LogP contribution in [0.5, 0.6) is 0 Å². The second-order valence-corrected chi connectivity index (χ2v) is 6.49. The first-order valence-electron chi connectivity index (χ1n) is 8.06. The summed E-state index contributed by atoms with van der Waals surface area (Å²) in [6, 6.07) is 6.11. The van der Waals surface area contributed by atoms with Crippen molar-refractivity contribution in [1.82, 2.24) is 4.90 Å². The number of nitrogens with zero attached hydrogens (tertiary/aromatic N) is 1. The number of nitrogens with one attached hydrogen (secondary N) is 1. The van der Waals surface area contributed by atoms with Gasteiger partial charge in [0.2, 0.25) is 11.8 Å². The number of likely N-dealkylation sites (tertiary alicyclic amines) is 1. The van der Waals surface area contributed by atoms with Gasteiger partial charge in [0.1, 0.15) is 0 Å². The molecule has 0 spiro atoms. The van der Waals surface area contributed by atoms with Crippen molar-refractivity contribution in [3.63, 3.8) is 0 Å². The largest absolute Gasteiger partial charge is 0.342 e. The van der Waals surface area contributed by atoms with Crippen molar-refractivity contribution >= 4 is 17.5 Å². The quantitative estimate of drug-likeness (QED) is 0.931. The number of rotatable bonds is 3. The van der Waals surface area contributed by atoms with Crippen LogP contribution in [0.1, 0.15) is 50.7 Å². The lowest BCUT2D eigenvalue weighted by Crippen LogP contribution is -2.42. The number of hydrogen-bond donors (Lipinski definition) is 1. The van der Waals surface area contributed by atoms with Crippen molar-refractivity contribution in [1.29, 1.82) is 0 Å². The fourth-order valence-electron chi connectivity index (χ4n) is 3.04. The van der Waals surface area contributed by atoms with E-state index in [4.69, 9.17) is 0 Å². The van der Waals surface area contributed by atoms with Gasteiger partial charge in [0.15, 0.2) is 0 Å². The first kappa shape index (κ1) is 16.5. The van der Waals surface area contributed by atoms with Crippen molar-refractivity contribution in [3.05, 3.63) is 29.3 Å². The van der Waals surface area contributed by atoms with Crippen molar-refractivity contribution in [3.8, 4) is 0 Å². The number of piperidine rings is 1. The predicted octanol–water partition coefficient (Wildman–Crippen LogP) is 3.32. The Morgan fingerprint density at radius 2 is 2.05 bits per heavy atom. The SMILES string of the molecule is CC(=O)N1CCCC(C(=O)Nc2c(C)cccc2C(C)C)C1. The predicted molar refractivity (Wildman–Crippen MR) is 88.9 cm³/mol. The summed E-state index contributed by atoms with van der Waals surface area (Å²) in [5.41, 5.74) is 3.17. The normalized spacial score (nSPS) is 18.4. The average molecular weight is 302 g/mol. The molecule has 1 unspecified atom stereocenters. The highest BCUT2D eigenvalue weighted by Crippen LogP contribution is 2.28. The molecule has 4 nitrogen and oxygen atoms in total. The van der Waals surface area contributed by atoms with E-state index in [1.807, 2.05) is 19.1 Å². The van der Waals surface area contributed by atoms with E-state index in [0.717, 1.165) is 36.2 Å².